The van der Waals surface area contributed by atoms with Crippen molar-refractivity contribution in [2.75, 3.05) is 26.2 Å². The number of benzene rings is 2. The minimum absolute atomic E-state index is 0.0589. The predicted octanol–water partition coefficient (Wildman–Crippen LogP) is 2.13. The summed E-state index contributed by atoms with van der Waals surface area (Å²) in [4.78, 5) is 13.2. The molecule has 0 bridgehead atoms. The van der Waals surface area contributed by atoms with Crippen LogP contribution in [-0.2, 0) is 10.0 Å². The van der Waals surface area contributed by atoms with Gasteiger partial charge in [-0.1, -0.05) is 6.07 Å². The van der Waals surface area contributed by atoms with Crippen LogP contribution in [0.2, 0.25) is 0 Å². The van der Waals surface area contributed by atoms with Gasteiger partial charge in [0.2, 0.25) is 10.0 Å². The molecule has 1 N–H and O–H groups in total. The highest BCUT2D eigenvalue weighted by Crippen LogP contribution is 2.24. The SMILES string of the molecule is Cc1ccc(C(=O)N2CCN(S(=O)(=O)c3cc(F)ccc3F)CC2)c(O)c1. The van der Waals surface area contributed by atoms with Crippen molar-refractivity contribution in [2.45, 2.75) is 11.8 Å². The zero-order valence-corrected chi connectivity index (χ0v) is 15.3. The summed E-state index contributed by atoms with van der Waals surface area (Å²) in [5.41, 5.74) is 0.935. The highest BCUT2D eigenvalue weighted by Gasteiger charge is 2.33. The van der Waals surface area contributed by atoms with Gasteiger partial charge in [0.1, 0.15) is 22.3 Å². The summed E-state index contributed by atoms with van der Waals surface area (Å²) in [6.45, 7) is 1.81. The van der Waals surface area contributed by atoms with Crippen molar-refractivity contribution in [2.24, 2.45) is 0 Å². The van der Waals surface area contributed by atoms with E-state index in [1.54, 1.807) is 13.0 Å². The monoisotopic (exact) mass is 396 g/mol. The topological polar surface area (TPSA) is 77.9 Å². The number of sulfonamides is 1. The fourth-order valence-electron chi connectivity index (χ4n) is 2.94. The van der Waals surface area contributed by atoms with E-state index >= 15 is 0 Å². The van der Waals surface area contributed by atoms with E-state index in [9.17, 15) is 27.1 Å². The van der Waals surface area contributed by atoms with E-state index in [1.165, 1.54) is 17.0 Å². The van der Waals surface area contributed by atoms with Gasteiger partial charge in [-0.25, -0.2) is 17.2 Å². The van der Waals surface area contributed by atoms with Crippen molar-refractivity contribution in [3.05, 3.63) is 59.2 Å². The fourth-order valence-corrected chi connectivity index (χ4v) is 4.44. The Balaban J connectivity index is 1.75. The molecular weight excluding hydrogens is 378 g/mol. The summed E-state index contributed by atoms with van der Waals surface area (Å²) >= 11 is 0. The largest absolute Gasteiger partial charge is 0.507 e. The quantitative estimate of drug-likeness (QED) is 0.862. The van der Waals surface area contributed by atoms with Crippen LogP contribution in [0.15, 0.2) is 41.3 Å². The Morgan fingerprint density at radius 3 is 2.33 bits per heavy atom. The molecule has 9 heteroatoms. The highest BCUT2D eigenvalue weighted by molar-refractivity contribution is 7.89. The number of aromatic hydroxyl groups is 1. The fraction of sp³-hybridized carbons (Fsp3) is 0.278. The lowest BCUT2D eigenvalue weighted by Crippen LogP contribution is -2.50. The molecule has 1 fully saturated rings. The maximum atomic E-state index is 13.9. The Morgan fingerprint density at radius 1 is 1.04 bits per heavy atom. The minimum Gasteiger partial charge on any atom is -0.507 e. The second-order valence-corrected chi connectivity index (χ2v) is 8.20. The number of carbonyl (C=O) groups is 1. The van der Waals surface area contributed by atoms with Gasteiger partial charge in [0.15, 0.2) is 0 Å². The van der Waals surface area contributed by atoms with Crippen molar-refractivity contribution < 1.29 is 27.1 Å². The van der Waals surface area contributed by atoms with Gasteiger partial charge in [0, 0.05) is 26.2 Å². The number of halogens is 2. The maximum Gasteiger partial charge on any atom is 0.257 e. The van der Waals surface area contributed by atoms with Crippen LogP contribution >= 0.6 is 0 Å². The Hall–Kier alpha value is -2.52. The van der Waals surface area contributed by atoms with Crippen LogP contribution in [0.3, 0.4) is 0 Å². The molecule has 0 radical (unpaired) electrons. The lowest BCUT2D eigenvalue weighted by molar-refractivity contribution is 0.0694. The van der Waals surface area contributed by atoms with E-state index < -0.39 is 32.5 Å². The van der Waals surface area contributed by atoms with E-state index in [1.807, 2.05) is 0 Å². The molecule has 27 heavy (non-hydrogen) atoms. The van der Waals surface area contributed by atoms with E-state index in [4.69, 9.17) is 0 Å². The second-order valence-electron chi connectivity index (χ2n) is 6.29. The molecule has 0 atom stereocenters. The maximum absolute atomic E-state index is 13.9. The first-order chi connectivity index (χ1) is 12.7. The van der Waals surface area contributed by atoms with E-state index in [-0.39, 0.29) is 37.5 Å². The first kappa shape index (κ1) is 19.2. The number of carbonyl (C=O) groups excluding carboxylic acids is 1. The van der Waals surface area contributed by atoms with Crippen LogP contribution in [0.5, 0.6) is 5.75 Å². The number of piperazine rings is 1. The summed E-state index contributed by atoms with van der Waals surface area (Å²) in [5.74, 6) is -2.43. The number of hydrogen-bond donors (Lipinski definition) is 1. The van der Waals surface area contributed by atoms with Gasteiger partial charge in [0.25, 0.3) is 5.91 Å². The molecule has 1 saturated heterocycles. The molecule has 6 nitrogen and oxygen atoms in total. The van der Waals surface area contributed by atoms with Gasteiger partial charge in [0.05, 0.1) is 5.56 Å². The number of phenolic OH excluding ortho intramolecular Hbond substituents is 1. The van der Waals surface area contributed by atoms with Crippen LogP contribution < -0.4 is 0 Å². The number of hydrogen-bond acceptors (Lipinski definition) is 4. The summed E-state index contributed by atoms with van der Waals surface area (Å²) in [7, 11) is -4.21. The number of aryl methyl sites for hydroxylation is 1. The molecule has 0 saturated carbocycles. The number of rotatable bonds is 3. The number of amides is 1. The molecule has 0 unspecified atom stereocenters. The van der Waals surface area contributed by atoms with Gasteiger partial charge < -0.3 is 10.0 Å². The molecule has 1 heterocycles. The normalized spacial score (nSPS) is 15.7. The van der Waals surface area contributed by atoms with Crippen LogP contribution in [0, 0.1) is 18.6 Å². The van der Waals surface area contributed by atoms with Crippen LogP contribution in [-0.4, -0.2) is 54.8 Å². The predicted molar refractivity (Wildman–Crippen MR) is 93.9 cm³/mol. The van der Waals surface area contributed by atoms with Crippen molar-refractivity contribution in [3.63, 3.8) is 0 Å². The summed E-state index contributed by atoms with van der Waals surface area (Å²) < 4.78 is 53.4. The molecule has 0 spiro atoms. The molecule has 1 aliphatic heterocycles. The average molecular weight is 396 g/mol. The van der Waals surface area contributed by atoms with Gasteiger partial charge in [-0.3, -0.25) is 4.79 Å². The van der Waals surface area contributed by atoms with Crippen LogP contribution in [0.1, 0.15) is 15.9 Å². The van der Waals surface area contributed by atoms with E-state index in [2.05, 4.69) is 0 Å². The van der Waals surface area contributed by atoms with Crippen molar-refractivity contribution >= 4 is 15.9 Å². The molecule has 3 rings (SSSR count). The summed E-state index contributed by atoms with van der Waals surface area (Å²) in [6, 6.07) is 6.94. The van der Waals surface area contributed by atoms with Crippen molar-refractivity contribution in [3.8, 4) is 5.75 Å². The van der Waals surface area contributed by atoms with Gasteiger partial charge in [-0.05, 0) is 42.8 Å². The van der Waals surface area contributed by atoms with Crippen molar-refractivity contribution in [1.82, 2.24) is 9.21 Å². The molecule has 0 aromatic heterocycles. The summed E-state index contributed by atoms with van der Waals surface area (Å²) in [5, 5.41) is 9.95. The van der Waals surface area contributed by atoms with Gasteiger partial charge in [-0.15, -0.1) is 0 Å². The Labute approximate surface area is 155 Å². The van der Waals surface area contributed by atoms with E-state index in [0.717, 1.165) is 22.0 Å². The lowest BCUT2D eigenvalue weighted by atomic mass is 10.1. The molecule has 2 aromatic rings. The smallest absolute Gasteiger partial charge is 0.257 e. The van der Waals surface area contributed by atoms with E-state index in [0.29, 0.717) is 6.07 Å². The standard InChI is InChI=1S/C18H18F2N2O4S/c1-12-2-4-14(16(23)10-12)18(24)21-6-8-22(9-7-21)27(25,26)17-11-13(19)3-5-15(17)20/h2-5,10-11,23H,6-9H2,1H3. The third-order valence-corrected chi connectivity index (χ3v) is 6.33. The van der Waals surface area contributed by atoms with Gasteiger partial charge in [-0.2, -0.15) is 4.31 Å². The zero-order chi connectivity index (χ0) is 19.8. The first-order valence-corrected chi connectivity index (χ1v) is 9.68. The highest BCUT2D eigenvalue weighted by atomic mass is 32.2. The average Bonchev–Trinajstić information content (AvgIpc) is 2.63. The second kappa shape index (κ2) is 7.24. The lowest BCUT2D eigenvalue weighted by Gasteiger charge is -2.34. The van der Waals surface area contributed by atoms with Crippen LogP contribution in [0.4, 0.5) is 8.78 Å². The van der Waals surface area contributed by atoms with Crippen molar-refractivity contribution in [1.29, 1.82) is 0 Å². The Bertz CT molecular complexity index is 987. The zero-order valence-electron chi connectivity index (χ0n) is 14.5. The molecule has 0 aliphatic carbocycles. The molecule has 144 valence electrons. The van der Waals surface area contributed by atoms with Crippen LogP contribution in [0.25, 0.3) is 0 Å². The molecule has 2 aromatic carbocycles. The Morgan fingerprint density at radius 2 is 1.70 bits per heavy atom. The third kappa shape index (κ3) is 3.79. The summed E-state index contributed by atoms with van der Waals surface area (Å²) in [6.07, 6.45) is 0. The number of phenols is 1. The molecule has 1 amide bonds. The van der Waals surface area contributed by atoms with Gasteiger partial charge >= 0.3 is 0 Å². The molecule has 1 aliphatic rings. The first-order valence-electron chi connectivity index (χ1n) is 8.24. The molecular formula is C18H18F2N2O4S. The third-order valence-electron chi connectivity index (χ3n) is 4.42. The Kier molecular flexibility index (Phi) is 5.16. The number of nitrogens with zero attached hydrogens (tertiary/aromatic N) is 2. The minimum atomic E-state index is -4.21.